The molecule has 53 valence electrons. The monoisotopic (exact) mass is 137 g/mol. The first-order valence-electron chi connectivity index (χ1n) is 3.21. The van der Waals surface area contributed by atoms with E-state index in [1.807, 2.05) is 13.8 Å². The molecule has 1 heterocycles. The van der Waals surface area contributed by atoms with Crippen LogP contribution in [0, 0.1) is 0 Å². The molecule has 0 spiro atoms. The van der Waals surface area contributed by atoms with Gasteiger partial charge >= 0.3 is 0 Å². The van der Waals surface area contributed by atoms with Crippen molar-refractivity contribution in [1.29, 1.82) is 0 Å². The normalized spacial score (nSPS) is 10.3. The van der Waals surface area contributed by atoms with E-state index in [1.54, 1.807) is 12.4 Å². The molecule has 0 saturated heterocycles. The largest absolute Gasteiger partial charge is 0.460 e. The van der Waals surface area contributed by atoms with Gasteiger partial charge in [-0.25, -0.2) is 0 Å². The van der Waals surface area contributed by atoms with Crippen LogP contribution in [-0.4, -0.2) is 6.29 Å². The summed E-state index contributed by atoms with van der Waals surface area (Å²) in [6, 6.07) is 1.80. The van der Waals surface area contributed by atoms with Gasteiger partial charge in [-0.2, -0.15) is 0 Å². The molecule has 0 aliphatic rings. The molecule has 2 heteroatoms. The highest BCUT2D eigenvalue weighted by Crippen LogP contribution is 2.18. The van der Waals surface area contributed by atoms with E-state index in [1.165, 1.54) is 6.26 Å². The lowest BCUT2D eigenvalue weighted by Crippen LogP contribution is -1.88. The zero-order chi connectivity index (χ0) is 7.56. The molecule has 0 saturated carbocycles. The van der Waals surface area contributed by atoms with Crippen LogP contribution in [0.4, 0.5) is 0 Å². The van der Waals surface area contributed by atoms with Crippen molar-refractivity contribution in [2.24, 2.45) is 0 Å². The molecule has 1 radical (unpaired) electrons. The minimum atomic E-state index is 0.329. The van der Waals surface area contributed by atoms with Gasteiger partial charge in [0.15, 0.2) is 5.76 Å². The summed E-state index contributed by atoms with van der Waals surface area (Å²) in [4.78, 5) is 10.2. The number of rotatable bonds is 2. The van der Waals surface area contributed by atoms with Crippen molar-refractivity contribution in [3.05, 3.63) is 23.7 Å². The van der Waals surface area contributed by atoms with Crippen molar-refractivity contribution in [2.45, 2.75) is 19.8 Å². The second-order valence-electron chi connectivity index (χ2n) is 2.46. The van der Waals surface area contributed by atoms with Crippen LogP contribution >= 0.6 is 0 Å². The second-order valence-corrected chi connectivity index (χ2v) is 2.46. The van der Waals surface area contributed by atoms with Crippen LogP contribution < -0.4 is 0 Å². The Labute approximate surface area is 59.8 Å². The van der Waals surface area contributed by atoms with Gasteiger partial charge in [-0.3, -0.25) is 4.79 Å². The van der Waals surface area contributed by atoms with Crippen molar-refractivity contribution in [3.8, 4) is 0 Å². The van der Waals surface area contributed by atoms with E-state index in [0.717, 1.165) is 5.56 Å². The Morgan fingerprint density at radius 1 is 1.60 bits per heavy atom. The van der Waals surface area contributed by atoms with E-state index in [9.17, 15) is 4.79 Å². The SMILES string of the molecule is CC(C)c1ccoc1[C]=O. The lowest BCUT2D eigenvalue weighted by molar-refractivity contribution is 0.514. The molecule has 2 nitrogen and oxygen atoms in total. The maximum atomic E-state index is 10.2. The second kappa shape index (κ2) is 2.69. The third kappa shape index (κ3) is 1.10. The number of furan rings is 1. The zero-order valence-corrected chi connectivity index (χ0v) is 6.05. The summed E-state index contributed by atoms with van der Waals surface area (Å²) < 4.78 is 4.85. The van der Waals surface area contributed by atoms with Crippen LogP contribution in [0.5, 0.6) is 0 Å². The number of carbonyl (C=O) groups excluding carboxylic acids is 1. The smallest absolute Gasteiger partial charge is 0.272 e. The summed E-state index contributed by atoms with van der Waals surface area (Å²) >= 11 is 0. The van der Waals surface area contributed by atoms with Crippen molar-refractivity contribution in [2.75, 3.05) is 0 Å². The summed E-state index contributed by atoms with van der Waals surface area (Å²) in [5, 5.41) is 0. The fraction of sp³-hybridized carbons (Fsp3) is 0.375. The first kappa shape index (κ1) is 7.06. The molecule has 0 fully saturated rings. The molecule has 0 aromatic carbocycles. The minimum absolute atomic E-state index is 0.329. The van der Waals surface area contributed by atoms with Crippen molar-refractivity contribution in [3.63, 3.8) is 0 Å². The zero-order valence-electron chi connectivity index (χ0n) is 6.05. The highest BCUT2D eigenvalue weighted by molar-refractivity contribution is 5.73. The molecular formula is C8H9O2. The molecule has 0 aliphatic carbocycles. The average Bonchev–Trinajstić information content (AvgIpc) is 2.33. The van der Waals surface area contributed by atoms with Crippen molar-refractivity contribution < 1.29 is 9.21 Å². The van der Waals surface area contributed by atoms with Gasteiger partial charge < -0.3 is 4.42 Å². The van der Waals surface area contributed by atoms with E-state index in [4.69, 9.17) is 4.42 Å². The molecule has 1 aromatic rings. The Morgan fingerprint density at radius 2 is 2.30 bits per heavy atom. The topological polar surface area (TPSA) is 30.2 Å². The van der Waals surface area contributed by atoms with E-state index in [-0.39, 0.29) is 0 Å². The van der Waals surface area contributed by atoms with Crippen LogP contribution in [0.1, 0.15) is 31.1 Å². The van der Waals surface area contributed by atoms with Crippen LogP contribution in [0.2, 0.25) is 0 Å². The molecule has 0 aliphatic heterocycles. The summed E-state index contributed by atoms with van der Waals surface area (Å²) in [7, 11) is 0. The number of hydrogen-bond acceptors (Lipinski definition) is 2. The predicted octanol–water partition coefficient (Wildman–Crippen LogP) is 1.86. The van der Waals surface area contributed by atoms with E-state index < -0.39 is 0 Å². The lowest BCUT2D eigenvalue weighted by atomic mass is 10.1. The van der Waals surface area contributed by atoms with E-state index >= 15 is 0 Å². The molecular weight excluding hydrogens is 128 g/mol. The first-order valence-corrected chi connectivity index (χ1v) is 3.21. The van der Waals surface area contributed by atoms with Crippen molar-refractivity contribution >= 4 is 6.29 Å². The fourth-order valence-electron chi connectivity index (χ4n) is 0.857. The molecule has 0 atom stereocenters. The fourth-order valence-corrected chi connectivity index (χ4v) is 0.857. The van der Waals surface area contributed by atoms with Gasteiger partial charge in [0.05, 0.1) is 6.26 Å². The Kier molecular flexibility index (Phi) is 1.90. The van der Waals surface area contributed by atoms with Gasteiger partial charge in [0, 0.05) is 5.56 Å². The summed E-state index contributed by atoms with van der Waals surface area (Å²) in [6.45, 7) is 4.01. The Balaban J connectivity index is 3.01. The Morgan fingerprint density at radius 3 is 2.70 bits per heavy atom. The van der Waals surface area contributed by atoms with E-state index in [0.29, 0.717) is 11.7 Å². The van der Waals surface area contributed by atoms with E-state index in [2.05, 4.69) is 0 Å². The molecule has 0 N–H and O–H groups in total. The Hall–Kier alpha value is -1.05. The summed E-state index contributed by atoms with van der Waals surface area (Å²) in [6.07, 6.45) is 3.25. The van der Waals surface area contributed by atoms with Crippen LogP contribution in [-0.2, 0) is 4.79 Å². The van der Waals surface area contributed by atoms with Gasteiger partial charge in [0.25, 0.3) is 6.29 Å². The third-order valence-electron chi connectivity index (χ3n) is 1.41. The van der Waals surface area contributed by atoms with Gasteiger partial charge in [0.2, 0.25) is 0 Å². The average molecular weight is 137 g/mol. The number of hydrogen-bond donors (Lipinski definition) is 0. The quantitative estimate of drug-likeness (QED) is 0.622. The maximum Gasteiger partial charge on any atom is 0.272 e. The Bertz CT molecular complexity index is 223. The lowest BCUT2D eigenvalue weighted by Gasteiger charge is -1.98. The van der Waals surface area contributed by atoms with Gasteiger partial charge in [-0.1, -0.05) is 13.8 Å². The van der Waals surface area contributed by atoms with Crippen LogP contribution in [0.3, 0.4) is 0 Å². The van der Waals surface area contributed by atoms with Crippen molar-refractivity contribution in [1.82, 2.24) is 0 Å². The first-order chi connectivity index (χ1) is 4.75. The standard InChI is InChI=1S/C8H9O2/c1-6(2)7-3-4-10-8(7)5-9/h3-4,6H,1-2H3. The maximum absolute atomic E-state index is 10.2. The third-order valence-corrected chi connectivity index (χ3v) is 1.41. The highest BCUT2D eigenvalue weighted by atomic mass is 16.3. The van der Waals surface area contributed by atoms with Crippen LogP contribution in [0.25, 0.3) is 0 Å². The molecule has 1 aromatic heterocycles. The molecule has 1 rings (SSSR count). The summed E-state index contributed by atoms with van der Waals surface area (Å²) in [5.74, 6) is 0.658. The molecule has 0 amide bonds. The van der Waals surface area contributed by atoms with Gasteiger partial charge in [-0.15, -0.1) is 0 Å². The van der Waals surface area contributed by atoms with Gasteiger partial charge in [-0.05, 0) is 12.0 Å². The molecule has 0 bridgehead atoms. The summed E-state index contributed by atoms with van der Waals surface area (Å²) in [5.41, 5.74) is 0.926. The van der Waals surface area contributed by atoms with Crippen LogP contribution in [0.15, 0.2) is 16.7 Å². The minimum Gasteiger partial charge on any atom is -0.460 e. The molecule has 0 unspecified atom stereocenters. The predicted molar refractivity (Wildman–Crippen MR) is 37.6 cm³/mol. The van der Waals surface area contributed by atoms with Gasteiger partial charge in [0.1, 0.15) is 0 Å². The highest BCUT2D eigenvalue weighted by Gasteiger charge is 2.08. The molecule has 10 heavy (non-hydrogen) atoms.